The van der Waals surface area contributed by atoms with Gasteiger partial charge in [-0.05, 0) is 82.7 Å². The van der Waals surface area contributed by atoms with Crippen molar-refractivity contribution < 1.29 is 27.1 Å². The highest BCUT2D eigenvalue weighted by molar-refractivity contribution is 9.10. The number of halogens is 1. The summed E-state index contributed by atoms with van der Waals surface area (Å²) in [5.74, 6) is -0.358. The Hall–Kier alpha value is -3.68. The van der Waals surface area contributed by atoms with Crippen LogP contribution in [0.15, 0.2) is 79.9 Å². The fraction of sp³-hybridized carbons (Fsp3) is 0.0833. The Morgan fingerprint density at radius 2 is 1.78 bits per heavy atom. The van der Waals surface area contributed by atoms with E-state index in [4.69, 9.17) is 8.92 Å². The van der Waals surface area contributed by atoms with E-state index in [1.165, 1.54) is 24.9 Å². The van der Waals surface area contributed by atoms with Crippen LogP contribution in [0.3, 0.4) is 0 Å². The molecule has 1 fully saturated rings. The molecule has 190 valence electrons. The van der Waals surface area contributed by atoms with Gasteiger partial charge in [-0.15, -0.1) is 0 Å². The molecule has 10 nitrogen and oxygen atoms in total. The first-order valence-electron chi connectivity index (χ1n) is 10.5. The second-order valence-electron chi connectivity index (χ2n) is 7.64. The first-order valence-corrected chi connectivity index (χ1v) is 13.5. The average Bonchev–Trinajstić information content (AvgIpc) is 3.20. The number of hydrogen-bond donors (Lipinski definition) is 1. The number of nitrogens with one attached hydrogen (secondary N) is 1. The van der Waals surface area contributed by atoms with Crippen molar-refractivity contribution in [3.05, 3.63) is 91.3 Å². The predicted octanol–water partition coefficient (Wildman–Crippen LogP) is 5.33. The van der Waals surface area contributed by atoms with Crippen LogP contribution in [0.4, 0.5) is 11.4 Å². The molecule has 0 aliphatic carbocycles. The first-order chi connectivity index (χ1) is 17.6. The highest BCUT2D eigenvalue weighted by atomic mass is 79.9. The van der Waals surface area contributed by atoms with Gasteiger partial charge in [0.05, 0.1) is 27.1 Å². The van der Waals surface area contributed by atoms with E-state index in [0.717, 1.165) is 29.8 Å². The van der Waals surface area contributed by atoms with Crippen LogP contribution in [0, 0.1) is 17.0 Å². The Balaban J connectivity index is 1.58. The van der Waals surface area contributed by atoms with Crippen molar-refractivity contribution in [1.82, 2.24) is 5.32 Å². The van der Waals surface area contributed by atoms with Crippen molar-refractivity contribution in [1.29, 1.82) is 0 Å². The maximum atomic E-state index is 12.8. The molecule has 0 atom stereocenters. The molecule has 37 heavy (non-hydrogen) atoms. The molecule has 1 aliphatic rings. The van der Waals surface area contributed by atoms with E-state index >= 15 is 0 Å². The average molecular weight is 604 g/mol. The smallest absolute Gasteiger partial charge is 0.339 e. The molecule has 0 saturated carbocycles. The van der Waals surface area contributed by atoms with Crippen LogP contribution in [-0.4, -0.2) is 31.5 Å². The molecular formula is C24H18BrN3O7S2. The van der Waals surface area contributed by atoms with Gasteiger partial charge >= 0.3 is 10.1 Å². The summed E-state index contributed by atoms with van der Waals surface area (Å²) < 4.78 is 36.4. The van der Waals surface area contributed by atoms with Crippen LogP contribution < -0.4 is 14.2 Å². The number of non-ortho nitro benzene ring substituents is 1. The second kappa shape index (κ2) is 10.7. The largest absolute Gasteiger partial charge is 0.493 e. The molecule has 0 spiro atoms. The molecular weight excluding hydrogens is 586 g/mol. The standard InChI is InChI=1S/C24H18BrN3O7S2/c1-14-3-5-16(6-4-14)26-24-27-23(29)21(36-24)13-15-11-19(25)22(20(12-15)34-2)35-37(32,33)18-9-7-17(8-10-18)28(30)31/h3-13H,1-2H3,(H,26,27,29)/b21-13-. The Bertz CT molecular complexity index is 1550. The van der Waals surface area contributed by atoms with Crippen LogP contribution in [0.5, 0.6) is 11.5 Å². The zero-order chi connectivity index (χ0) is 26.7. The molecule has 1 aliphatic heterocycles. The van der Waals surface area contributed by atoms with E-state index in [-0.39, 0.29) is 32.5 Å². The molecule has 1 saturated heterocycles. The molecule has 0 aromatic heterocycles. The highest BCUT2D eigenvalue weighted by Crippen LogP contribution is 2.40. The van der Waals surface area contributed by atoms with Crippen LogP contribution in [-0.2, 0) is 14.9 Å². The SMILES string of the molecule is COc1cc(/C=C2\SC(=Nc3ccc(C)cc3)NC2=O)cc(Br)c1OS(=O)(=O)c1ccc([N+](=O)[O-])cc1. The molecule has 0 radical (unpaired) electrons. The van der Waals surface area contributed by atoms with Gasteiger partial charge in [-0.1, -0.05) is 17.7 Å². The van der Waals surface area contributed by atoms with E-state index in [9.17, 15) is 23.3 Å². The number of amidine groups is 1. The Labute approximate surface area is 224 Å². The van der Waals surface area contributed by atoms with E-state index in [0.29, 0.717) is 21.3 Å². The third-order valence-corrected chi connectivity index (χ3v) is 7.73. The lowest BCUT2D eigenvalue weighted by Gasteiger charge is -2.13. The number of hydrogen-bond acceptors (Lipinski definition) is 9. The van der Waals surface area contributed by atoms with Gasteiger partial charge in [-0.25, -0.2) is 4.99 Å². The van der Waals surface area contributed by atoms with Crippen LogP contribution in [0.25, 0.3) is 6.08 Å². The number of amides is 1. The number of ether oxygens (including phenoxy) is 1. The van der Waals surface area contributed by atoms with E-state index in [1.54, 1.807) is 12.1 Å². The van der Waals surface area contributed by atoms with Gasteiger partial charge in [0.15, 0.2) is 16.7 Å². The predicted molar refractivity (Wildman–Crippen MR) is 144 cm³/mol. The number of carbonyl (C=O) groups is 1. The summed E-state index contributed by atoms with van der Waals surface area (Å²) in [6.45, 7) is 1.97. The van der Waals surface area contributed by atoms with E-state index < -0.39 is 15.0 Å². The lowest BCUT2D eigenvalue weighted by Crippen LogP contribution is -2.19. The summed E-state index contributed by atoms with van der Waals surface area (Å²) >= 11 is 4.47. The number of nitro benzene ring substituents is 1. The van der Waals surface area contributed by atoms with Gasteiger partial charge in [0.25, 0.3) is 11.6 Å². The summed E-state index contributed by atoms with van der Waals surface area (Å²) in [4.78, 5) is 27.2. The highest BCUT2D eigenvalue weighted by Gasteiger charge is 2.26. The summed E-state index contributed by atoms with van der Waals surface area (Å²) in [5.41, 5.74) is 2.09. The first kappa shape index (κ1) is 26.4. The third-order valence-electron chi connectivity index (χ3n) is 4.99. The minimum absolute atomic E-state index is 0.0867. The lowest BCUT2D eigenvalue weighted by molar-refractivity contribution is -0.384. The summed E-state index contributed by atoms with van der Waals surface area (Å²) in [5, 5.41) is 14.0. The molecule has 3 aromatic rings. The summed E-state index contributed by atoms with van der Waals surface area (Å²) in [6, 6.07) is 14.9. The van der Waals surface area contributed by atoms with Crippen molar-refractivity contribution in [2.45, 2.75) is 11.8 Å². The van der Waals surface area contributed by atoms with Gasteiger partial charge < -0.3 is 14.2 Å². The number of nitro groups is 1. The number of aryl methyl sites for hydroxylation is 1. The molecule has 1 N–H and O–H groups in total. The zero-order valence-electron chi connectivity index (χ0n) is 19.3. The third kappa shape index (κ3) is 6.18. The summed E-state index contributed by atoms with van der Waals surface area (Å²) in [7, 11) is -2.99. The Morgan fingerprint density at radius 1 is 1.11 bits per heavy atom. The lowest BCUT2D eigenvalue weighted by atomic mass is 10.2. The summed E-state index contributed by atoms with van der Waals surface area (Å²) in [6.07, 6.45) is 1.61. The molecule has 0 unspecified atom stereocenters. The van der Waals surface area contributed by atoms with Gasteiger partial charge in [0.1, 0.15) is 4.90 Å². The molecule has 3 aromatic carbocycles. The van der Waals surface area contributed by atoms with E-state index in [1.807, 2.05) is 31.2 Å². The molecule has 0 bridgehead atoms. The number of rotatable bonds is 7. The number of carbonyl (C=O) groups excluding carboxylic acids is 1. The monoisotopic (exact) mass is 603 g/mol. The Kier molecular flexibility index (Phi) is 7.66. The van der Waals surface area contributed by atoms with Crippen molar-refractivity contribution in [2.75, 3.05) is 7.11 Å². The maximum Gasteiger partial charge on any atom is 0.339 e. The van der Waals surface area contributed by atoms with Crippen LogP contribution in [0.1, 0.15) is 11.1 Å². The van der Waals surface area contributed by atoms with Gasteiger partial charge in [-0.3, -0.25) is 14.9 Å². The molecule has 13 heteroatoms. The number of methoxy groups -OCH3 is 1. The van der Waals surface area contributed by atoms with E-state index in [2.05, 4.69) is 26.2 Å². The number of benzene rings is 3. The number of nitrogens with zero attached hydrogens (tertiary/aromatic N) is 2. The van der Waals surface area contributed by atoms with Crippen molar-refractivity contribution in [3.8, 4) is 11.5 Å². The Morgan fingerprint density at radius 3 is 2.41 bits per heavy atom. The number of thioether (sulfide) groups is 1. The van der Waals surface area contributed by atoms with Crippen molar-refractivity contribution in [2.24, 2.45) is 4.99 Å². The quantitative estimate of drug-likeness (QED) is 0.165. The molecule has 1 amide bonds. The van der Waals surface area contributed by atoms with Gasteiger partial charge in [0, 0.05) is 12.1 Å². The van der Waals surface area contributed by atoms with Crippen LogP contribution >= 0.6 is 27.7 Å². The molecule has 4 rings (SSSR count). The van der Waals surface area contributed by atoms with Gasteiger partial charge in [-0.2, -0.15) is 8.42 Å². The van der Waals surface area contributed by atoms with Crippen LogP contribution in [0.2, 0.25) is 0 Å². The maximum absolute atomic E-state index is 12.8. The van der Waals surface area contributed by atoms with Gasteiger partial charge in [0.2, 0.25) is 0 Å². The second-order valence-corrected chi connectivity index (χ2v) is 11.1. The fourth-order valence-corrected chi connectivity index (χ4v) is 5.61. The minimum atomic E-state index is -4.33. The fourth-order valence-electron chi connectivity index (χ4n) is 3.16. The van der Waals surface area contributed by atoms with Crippen molar-refractivity contribution >= 4 is 66.3 Å². The zero-order valence-corrected chi connectivity index (χ0v) is 22.5. The topological polar surface area (TPSA) is 137 Å². The minimum Gasteiger partial charge on any atom is -0.493 e. The molecule has 1 heterocycles. The normalized spacial score (nSPS) is 15.6. The number of aliphatic imine (C=N–C) groups is 1. The van der Waals surface area contributed by atoms with Crippen molar-refractivity contribution in [3.63, 3.8) is 0 Å².